The van der Waals surface area contributed by atoms with Gasteiger partial charge in [-0.1, -0.05) is 0 Å². The molecule has 1 heterocycles. The summed E-state index contributed by atoms with van der Waals surface area (Å²) in [5.74, 6) is 2.95. The molecule has 18 heavy (non-hydrogen) atoms. The largest absolute Gasteiger partial charge is 0.457 e. The topological polar surface area (TPSA) is 53.7 Å². The molecule has 1 aliphatic heterocycles. The number of fused-ring (bicyclic) bond motifs is 1. The van der Waals surface area contributed by atoms with Gasteiger partial charge < -0.3 is 19.9 Å². The Balaban J connectivity index is 1.88. The Kier molecular flexibility index (Phi) is 2.48. The molecule has 0 saturated heterocycles. The molecule has 92 valence electrons. The van der Waals surface area contributed by atoms with Gasteiger partial charge in [0.1, 0.15) is 11.5 Å². The molecular weight excluding hydrogens is 230 g/mol. The van der Waals surface area contributed by atoms with Crippen molar-refractivity contribution < 1.29 is 14.2 Å². The maximum atomic E-state index is 5.80. The molecule has 0 atom stereocenters. The number of hydrogen-bond donors (Lipinski definition) is 1. The fourth-order valence-corrected chi connectivity index (χ4v) is 1.85. The molecule has 2 aromatic carbocycles. The third-order valence-electron chi connectivity index (χ3n) is 2.77. The minimum Gasteiger partial charge on any atom is -0.457 e. The summed E-state index contributed by atoms with van der Waals surface area (Å²) in [5, 5.41) is 0. The Morgan fingerprint density at radius 1 is 1.06 bits per heavy atom. The van der Waals surface area contributed by atoms with Crippen LogP contribution in [0, 0.1) is 6.92 Å². The number of benzene rings is 2. The van der Waals surface area contributed by atoms with Gasteiger partial charge in [-0.05, 0) is 42.8 Å². The van der Waals surface area contributed by atoms with Crippen molar-refractivity contribution in [1.82, 2.24) is 0 Å². The second-order valence-electron chi connectivity index (χ2n) is 4.14. The van der Waals surface area contributed by atoms with Crippen molar-refractivity contribution in [3.8, 4) is 23.0 Å². The number of ether oxygens (including phenoxy) is 3. The maximum Gasteiger partial charge on any atom is 0.231 e. The highest BCUT2D eigenvalue weighted by Crippen LogP contribution is 2.37. The monoisotopic (exact) mass is 243 g/mol. The van der Waals surface area contributed by atoms with Gasteiger partial charge in [-0.2, -0.15) is 0 Å². The van der Waals surface area contributed by atoms with Gasteiger partial charge in [-0.25, -0.2) is 0 Å². The van der Waals surface area contributed by atoms with Gasteiger partial charge in [-0.3, -0.25) is 0 Å². The van der Waals surface area contributed by atoms with Gasteiger partial charge in [0.15, 0.2) is 11.5 Å². The highest BCUT2D eigenvalue weighted by atomic mass is 16.7. The van der Waals surface area contributed by atoms with E-state index in [1.54, 1.807) is 0 Å². The van der Waals surface area contributed by atoms with Gasteiger partial charge in [0.05, 0.1) is 0 Å². The lowest BCUT2D eigenvalue weighted by Crippen LogP contribution is -1.93. The van der Waals surface area contributed by atoms with Crippen LogP contribution >= 0.6 is 0 Å². The van der Waals surface area contributed by atoms with E-state index in [1.807, 2.05) is 43.3 Å². The zero-order valence-electron chi connectivity index (χ0n) is 9.97. The Hall–Kier alpha value is -2.36. The Morgan fingerprint density at radius 3 is 2.72 bits per heavy atom. The van der Waals surface area contributed by atoms with Gasteiger partial charge >= 0.3 is 0 Å². The molecule has 4 nitrogen and oxygen atoms in total. The summed E-state index contributed by atoms with van der Waals surface area (Å²) in [6.45, 7) is 2.22. The Labute approximate surface area is 105 Å². The molecule has 0 spiro atoms. The molecule has 2 N–H and O–H groups in total. The van der Waals surface area contributed by atoms with E-state index in [2.05, 4.69) is 0 Å². The highest BCUT2D eigenvalue weighted by molar-refractivity contribution is 5.51. The van der Waals surface area contributed by atoms with Crippen LogP contribution in [0.4, 0.5) is 5.69 Å². The molecule has 1 aliphatic rings. The van der Waals surface area contributed by atoms with Gasteiger partial charge in [-0.15, -0.1) is 0 Å². The van der Waals surface area contributed by atoms with Crippen LogP contribution in [-0.4, -0.2) is 6.79 Å². The summed E-state index contributed by atoms with van der Waals surface area (Å²) in [6, 6.07) is 11.1. The van der Waals surface area contributed by atoms with Crippen molar-refractivity contribution in [2.75, 3.05) is 12.5 Å². The van der Waals surface area contributed by atoms with Crippen LogP contribution in [0.2, 0.25) is 0 Å². The summed E-state index contributed by atoms with van der Waals surface area (Å²) >= 11 is 0. The third kappa shape index (κ3) is 1.93. The molecule has 0 aliphatic carbocycles. The normalized spacial score (nSPS) is 12.5. The molecule has 0 radical (unpaired) electrons. The van der Waals surface area contributed by atoms with Crippen LogP contribution in [0.25, 0.3) is 0 Å². The van der Waals surface area contributed by atoms with Crippen LogP contribution in [-0.2, 0) is 0 Å². The SMILES string of the molecule is Cc1cc(N)ccc1Oc1ccc2c(c1)OCO2. The van der Waals surface area contributed by atoms with Crippen molar-refractivity contribution in [3.63, 3.8) is 0 Å². The summed E-state index contributed by atoms with van der Waals surface area (Å²) < 4.78 is 16.4. The zero-order valence-corrected chi connectivity index (χ0v) is 9.97. The lowest BCUT2D eigenvalue weighted by atomic mass is 10.2. The lowest BCUT2D eigenvalue weighted by molar-refractivity contribution is 0.174. The van der Waals surface area contributed by atoms with Gasteiger partial charge in [0.25, 0.3) is 0 Å². The van der Waals surface area contributed by atoms with E-state index in [-0.39, 0.29) is 6.79 Å². The van der Waals surface area contributed by atoms with Crippen molar-refractivity contribution in [2.24, 2.45) is 0 Å². The predicted molar refractivity (Wildman–Crippen MR) is 68.2 cm³/mol. The van der Waals surface area contributed by atoms with Crippen molar-refractivity contribution in [1.29, 1.82) is 0 Å². The summed E-state index contributed by atoms with van der Waals surface area (Å²) in [5.41, 5.74) is 7.42. The molecule has 3 rings (SSSR count). The minimum absolute atomic E-state index is 0.264. The first-order chi connectivity index (χ1) is 8.72. The molecule has 0 unspecified atom stereocenters. The fourth-order valence-electron chi connectivity index (χ4n) is 1.85. The Bertz CT molecular complexity index is 596. The van der Waals surface area contributed by atoms with Crippen molar-refractivity contribution in [3.05, 3.63) is 42.0 Å². The maximum absolute atomic E-state index is 5.80. The fraction of sp³-hybridized carbons (Fsp3) is 0.143. The second-order valence-corrected chi connectivity index (χ2v) is 4.14. The van der Waals surface area contributed by atoms with E-state index >= 15 is 0 Å². The Morgan fingerprint density at radius 2 is 1.89 bits per heavy atom. The van der Waals surface area contributed by atoms with Crippen LogP contribution in [0.3, 0.4) is 0 Å². The van der Waals surface area contributed by atoms with Gasteiger partial charge in [0, 0.05) is 11.8 Å². The van der Waals surface area contributed by atoms with Crippen LogP contribution < -0.4 is 19.9 Å². The number of hydrogen-bond acceptors (Lipinski definition) is 4. The number of nitrogen functional groups attached to an aromatic ring is 1. The number of rotatable bonds is 2. The molecule has 0 bridgehead atoms. The second kappa shape index (κ2) is 4.14. The van der Waals surface area contributed by atoms with E-state index in [4.69, 9.17) is 19.9 Å². The summed E-state index contributed by atoms with van der Waals surface area (Å²) in [7, 11) is 0. The minimum atomic E-state index is 0.264. The molecule has 0 amide bonds. The average Bonchev–Trinajstić information content (AvgIpc) is 2.80. The quantitative estimate of drug-likeness (QED) is 0.823. The van der Waals surface area contributed by atoms with E-state index in [1.165, 1.54) is 0 Å². The highest BCUT2D eigenvalue weighted by Gasteiger charge is 2.14. The van der Waals surface area contributed by atoms with E-state index in [0.717, 1.165) is 22.7 Å². The third-order valence-corrected chi connectivity index (χ3v) is 2.77. The first-order valence-electron chi connectivity index (χ1n) is 5.66. The van der Waals surface area contributed by atoms with Crippen molar-refractivity contribution >= 4 is 5.69 Å². The summed E-state index contributed by atoms with van der Waals surface area (Å²) in [4.78, 5) is 0. The standard InChI is InChI=1S/C14H13NO3/c1-9-6-10(15)2-4-12(9)18-11-3-5-13-14(7-11)17-8-16-13/h2-7H,8,15H2,1H3. The number of nitrogens with two attached hydrogens (primary N) is 1. The predicted octanol–water partition coefficient (Wildman–Crippen LogP) is 3.10. The molecular formula is C14H13NO3. The van der Waals surface area contributed by atoms with E-state index < -0.39 is 0 Å². The summed E-state index contributed by atoms with van der Waals surface area (Å²) in [6.07, 6.45) is 0. The first-order valence-corrected chi connectivity index (χ1v) is 5.66. The number of aryl methyl sites for hydroxylation is 1. The van der Waals surface area contributed by atoms with Crippen molar-refractivity contribution in [2.45, 2.75) is 6.92 Å². The molecule has 0 saturated carbocycles. The van der Waals surface area contributed by atoms with Crippen LogP contribution in [0.5, 0.6) is 23.0 Å². The number of anilines is 1. The molecule has 0 fully saturated rings. The van der Waals surface area contributed by atoms with E-state index in [0.29, 0.717) is 11.5 Å². The molecule has 4 heteroatoms. The smallest absolute Gasteiger partial charge is 0.231 e. The van der Waals surface area contributed by atoms with Crippen LogP contribution in [0.15, 0.2) is 36.4 Å². The lowest BCUT2D eigenvalue weighted by Gasteiger charge is -2.09. The van der Waals surface area contributed by atoms with Crippen LogP contribution in [0.1, 0.15) is 5.56 Å². The first kappa shape index (κ1) is 10.8. The van der Waals surface area contributed by atoms with E-state index in [9.17, 15) is 0 Å². The zero-order chi connectivity index (χ0) is 12.5. The van der Waals surface area contributed by atoms with Gasteiger partial charge in [0.2, 0.25) is 6.79 Å². The average molecular weight is 243 g/mol. The molecule has 0 aromatic heterocycles. The molecule has 2 aromatic rings.